The quantitative estimate of drug-likeness (QED) is 0.536. The Labute approximate surface area is 58.3 Å². The Morgan fingerprint density at radius 2 is 2.40 bits per heavy atom. The van der Waals surface area contributed by atoms with Crippen molar-refractivity contribution in [2.24, 2.45) is 0 Å². The van der Waals surface area contributed by atoms with Gasteiger partial charge in [-0.25, -0.2) is 4.98 Å². The SMILES string of the molecule is [CH2]n1cc2cccnc2n1. The summed E-state index contributed by atoms with van der Waals surface area (Å²) in [5, 5.41) is 5.03. The molecule has 0 amide bonds. The largest absolute Gasteiger partial charge is 0.268 e. The molecular weight excluding hydrogens is 126 g/mol. The predicted octanol–water partition coefficient (Wildman–Crippen LogP) is 1.07. The van der Waals surface area contributed by atoms with Gasteiger partial charge in [-0.2, -0.15) is 5.10 Å². The van der Waals surface area contributed by atoms with Crippen LogP contribution in [-0.4, -0.2) is 14.8 Å². The Bertz CT molecular complexity index is 317. The Hall–Kier alpha value is -1.38. The molecular formula is C7H6N3. The normalized spacial score (nSPS) is 10.5. The van der Waals surface area contributed by atoms with Crippen molar-refractivity contribution in [3.05, 3.63) is 31.6 Å². The van der Waals surface area contributed by atoms with E-state index in [1.165, 1.54) is 4.68 Å². The van der Waals surface area contributed by atoms with Gasteiger partial charge in [-0.1, -0.05) is 0 Å². The van der Waals surface area contributed by atoms with Crippen LogP contribution in [0.15, 0.2) is 24.5 Å². The van der Waals surface area contributed by atoms with Gasteiger partial charge >= 0.3 is 0 Å². The highest BCUT2D eigenvalue weighted by atomic mass is 15.3. The number of hydrogen-bond donors (Lipinski definition) is 0. The van der Waals surface area contributed by atoms with E-state index in [2.05, 4.69) is 17.1 Å². The lowest BCUT2D eigenvalue weighted by Crippen LogP contribution is -1.82. The van der Waals surface area contributed by atoms with Crippen molar-refractivity contribution in [2.75, 3.05) is 0 Å². The third-order valence-corrected chi connectivity index (χ3v) is 1.33. The van der Waals surface area contributed by atoms with Gasteiger partial charge in [0.05, 0.1) is 7.05 Å². The van der Waals surface area contributed by atoms with Crippen molar-refractivity contribution in [3.8, 4) is 0 Å². The van der Waals surface area contributed by atoms with E-state index in [1.807, 2.05) is 18.3 Å². The molecule has 10 heavy (non-hydrogen) atoms. The molecule has 1 radical (unpaired) electrons. The summed E-state index contributed by atoms with van der Waals surface area (Å²) in [5.74, 6) is 0. The molecule has 0 saturated carbocycles. The standard InChI is InChI=1S/C7H6N3/c1-10-5-6-3-2-4-8-7(6)9-10/h2-5H,1H2. The van der Waals surface area contributed by atoms with E-state index in [-0.39, 0.29) is 0 Å². The first-order valence-electron chi connectivity index (χ1n) is 2.97. The number of hydrogen-bond acceptors (Lipinski definition) is 2. The van der Waals surface area contributed by atoms with Crippen LogP contribution in [0.2, 0.25) is 0 Å². The average molecular weight is 132 g/mol. The van der Waals surface area contributed by atoms with Gasteiger partial charge in [0.1, 0.15) is 0 Å². The zero-order chi connectivity index (χ0) is 6.97. The molecule has 2 heterocycles. The van der Waals surface area contributed by atoms with Crippen LogP contribution in [0.25, 0.3) is 11.0 Å². The molecule has 0 spiro atoms. The van der Waals surface area contributed by atoms with E-state index in [1.54, 1.807) is 6.20 Å². The molecule has 0 unspecified atom stereocenters. The summed E-state index contributed by atoms with van der Waals surface area (Å²) < 4.78 is 1.51. The number of rotatable bonds is 0. The van der Waals surface area contributed by atoms with Gasteiger partial charge in [0.25, 0.3) is 0 Å². The minimum absolute atomic E-state index is 0.748. The second-order valence-corrected chi connectivity index (χ2v) is 2.08. The Morgan fingerprint density at radius 1 is 1.50 bits per heavy atom. The molecule has 0 aliphatic carbocycles. The summed E-state index contributed by atoms with van der Waals surface area (Å²) in [5.41, 5.74) is 0.748. The number of pyridine rings is 1. The van der Waals surface area contributed by atoms with Crippen LogP contribution in [0.3, 0.4) is 0 Å². The van der Waals surface area contributed by atoms with Gasteiger partial charge in [-0.3, -0.25) is 4.68 Å². The molecule has 0 aromatic carbocycles. The second-order valence-electron chi connectivity index (χ2n) is 2.08. The van der Waals surface area contributed by atoms with Crippen molar-refractivity contribution >= 4 is 11.0 Å². The maximum Gasteiger partial charge on any atom is 0.181 e. The Morgan fingerprint density at radius 3 is 3.20 bits per heavy atom. The molecule has 3 nitrogen and oxygen atoms in total. The van der Waals surface area contributed by atoms with E-state index in [0.717, 1.165) is 11.0 Å². The molecule has 3 heteroatoms. The first kappa shape index (κ1) is 5.41. The number of nitrogens with zero attached hydrogens (tertiary/aromatic N) is 3. The molecule has 0 fully saturated rings. The van der Waals surface area contributed by atoms with Crippen molar-refractivity contribution in [3.63, 3.8) is 0 Å². The third-order valence-electron chi connectivity index (χ3n) is 1.33. The van der Waals surface area contributed by atoms with Crippen molar-refractivity contribution in [1.82, 2.24) is 14.8 Å². The van der Waals surface area contributed by atoms with Crippen molar-refractivity contribution < 1.29 is 0 Å². The van der Waals surface area contributed by atoms with Crippen LogP contribution in [-0.2, 0) is 0 Å². The van der Waals surface area contributed by atoms with E-state index >= 15 is 0 Å². The minimum atomic E-state index is 0.748. The van der Waals surface area contributed by atoms with Gasteiger partial charge in [-0.05, 0) is 12.1 Å². The highest BCUT2D eigenvalue weighted by molar-refractivity contribution is 5.73. The first-order chi connectivity index (χ1) is 4.86. The monoisotopic (exact) mass is 132 g/mol. The summed E-state index contributed by atoms with van der Waals surface area (Å²) >= 11 is 0. The molecule has 2 aromatic heterocycles. The summed E-state index contributed by atoms with van der Waals surface area (Å²) in [6.45, 7) is 0. The van der Waals surface area contributed by atoms with Crippen LogP contribution >= 0.6 is 0 Å². The third kappa shape index (κ3) is 0.673. The molecule has 0 atom stereocenters. The van der Waals surface area contributed by atoms with E-state index in [4.69, 9.17) is 0 Å². The van der Waals surface area contributed by atoms with Crippen LogP contribution in [0.5, 0.6) is 0 Å². The maximum absolute atomic E-state index is 4.03. The smallest absolute Gasteiger partial charge is 0.181 e. The predicted molar refractivity (Wildman–Crippen MR) is 38.3 cm³/mol. The molecule has 0 N–H and O–H groups in total. The lowest BCUT2D eigenvalue weighted by atomic mass is 10.4. The molecule has 2 aromatic rings. The topological polar surface area (TPSA) is 30.7 Å². The molecule has 49 valence electrons. The van der Waals surface area contributed by atoms with Gasteiger partial charge in [0, 0.05) is 17.8 Å². The van der Waals surface area contributed by atoms with Gasteiger partial charge < -0.3 is 0 Å². The van der Waals surface area contributed by atoms with Crippen LogP contribution in [0.1, 0.15) is 0 Å². The second kappa shape index (κ2) is 1.80. The molecule has 0 aliphatic rings. The number of aromatic nitrogens is 3. The molecule has 0 saturated heterocycles. The summed E-state index contributed by atoms with van der Waals surface area (Å²) in [6.07, 6.45) is 3.55. The Kier molecular flexibility index (Phi) is 0.974. The van der Waals surface area contributed by atoms with E-state index in [0.29, 0.717) is 0 Å². The summed E-state index contributed by atoms with van der Waals surface area (Å²) in [7, 11) is 3.62. The average Bonchev–Trinajstić information content (AvgIpc) is 2.27. The van der Waals surface area contributed by atoms with Gasteiger partial charge in [0.15, 0.2) is 5.65 Å². The zero-order valence-electron chi connectivity index (χ0n) is 5.36. The Balaban J connectivity index is 2.88. The van der Waals surface area contributed by atoms with Crippen LogP contribution < -0.4 is 0 Å². The fraction of sp³-hybridized carbons (Fsp3) is 0. The molecule has 0 aliphatic heterocycles. The molecule has 2 rings (SSSR count). The van der Waals surface area contributed by atoms with Crippen LogP contribution in [0.4, 0.5) is 0 Å². The summed E-state index contributed by atoms with van der Waals surface area (Å²) in [6, 6.07) is 3.83. The van der Waals surface area contributed by atoms with Gasteiger partial charge in [-0.15, -0.1) is 0 Å². The van der Waals surface area contributed by atoms with Crippen molar-refractivity contribution in [1.29, 1.82) is 0 Å². The minimum Gasteiger partial charge on any atom is -0.268 e. The lowest BCUT2D eigenvalue weighted by molar-refractivity contribution is 0.887. The zero-order valence-corrected chi connectivity index (χ0v) is 5.36. The fourth-order valence-electron chi connectivity index (χ4n) is 0.905. The maximum atomic E-state index is 4.03. The van der Waals surface area contributed by atoms with E-state index < -0.39 is 0 Å². The van der Waals surface area contributed by atoms with Crippen molar-refractivity contribution in [2.45, 2.75) is 0 Å². The van der Waals surface area contributed by atoms with Gasteiger partial charge in [0.2, 0.25) is 0 Å². The van der Waals surface area contributed by atoms with E-state index in [9.17, 15) is 0 Å². The highest BCUT2D eigenvalue weighted by Crippen LogP contribution is 2.05. The van der Waals surface area contributed by atoms with Crippen LogP contribution in [0, 0.1) is 7.05 Å². The fourth-order valence-corrected chi connectivity index (χ4v) is 0.905. The highest BCUT2D eigenvalue weighted by Gasteiger charge is 1.94. The lowest BCUT2D eigenvalue weighted by Gasteiger charge is -1.79. The first-order valence-corrected chi connectivity index (χ1v) is 2.97. The molecule has 0 bridgehead atoms. The summed E-state index contributed by atoms with van der Waals surface area (Å²) in [4.78, 5) is 4.03. The number of fused-ring (bicyclic) bond motifs is 1.